The van der Waals surface area contributed by atoms with Gasteiger partial charge in [0.15, 0.2) is 0 Å². The minimum atomic E-state index is -0.273. The van der Waals surface area contributed by atoms with E-state index in [1.807, 2.05) is 66.7 Å². The zero-order valence-electron chi connectivity index (χ0n) is 19.1. The lowest BCUT2D eigenvalue weighted by molar-refractivity contribution is -0.123. The Bertz CT molecular complexity index is 1180. The molecule has 4 N–H and O–H groups in total. The molecular weight excluding hydrogens is 428 g/mol. The monoisotopic (exact) mass is 458 g/mol. The van der Waals surface area contributed by atoms with Gasteiger partial charge >= 0.3 is 0 Å². The molecule has 3 aromatic carbocycles. The Morgan fingerprint density at radius 2 is 1.65 bits per heavy atom. The van der Waals surface area contributed by atoms with Gasteiger partial charge in [0, 0.05) is 18.2 Å². The Labute approximate surface area is 199 Å². The number of rotatable bonds is 8. The van der Waals surface area contributed by atoms with Crippen molar-refractivity contribution in [3.05, 3.63) is 77.9 Å². The van der Waals surface area contributed by atoms with Crippen LogP contribution in [-0.2, 0) is 27.3 Å². The van der Waals surface area contributed by atoms with Gasteiger partial charge in [-0.1, -0.05) is 54.6 Å². The van der Waals surface area contributed by atoms with Crippen LogP contribution in [-0.4, -0.2) is 42.3 Å². The van der Waals surface area contributed by atoms with Gasteiger partial charge in [0.2, 0.25) is 17.7 Å². The second kappa shape index (κ2) is 10.9. The van der Waals surface area contributed by atoms with Crippen LogP contribution in [0.1, 0.15) is 24.0 Å². The van der Waals surface area contributed by atoms with Crippen LogP contribution in [0.2, 0.25) is 0 Å². The molecule has 0 radical (unpaired) electrons. The van der Waals surface area contributed by atoms with E-state index in [4.69, 9.17) is 5.73 Å². The fourth-order valence-electron chi connectivity index (χ4n) is 4.45. The van der Waals surface area contributed by atoms with Crippen molar-refractivity contribution >= 4 is 34.2 Å². The molecule has 1 saturated heterocycles. The number of carbonyl (C=O) groups is 3. The number of amides is 3. The van der Waals surface area contributed by atoms with Crippen LogP contribution in [0.3, 0.4) is 0 Å². The second-order valence-corrected chi connectivity index (χ2v) is 8.79. The van der Waals surface area contributed by atoms with Crippen molar-refractivity contribution in [2.45, 2.75) is 25.8 Å². The number of piperidine rings is 1. The number of anilines is 1. The second-order valence-electron chi connectivity index (χ2n) is 8.79. The van der Waals surface area contributed by atoms with Crippen molar-refractivity contribution in [1.82, 2.24) is 10.2 Å². The van der Waals surface area contributed by atoms with Crippen LogP contribution >= 0.6 is 0 Å². The largest absolute Gasteiger partial charge is 0.369 e. The minimum absolute atomic E-state index is 0.0299. The average Bonchev–Trinajstić information content (AvgIpc) is 2.84. The molecule has 176 valence electrons. The lowest BCUT2D eigenvalue weighted by Crippen LogP contribution is -2.38. The van der Waals surface area contributed by atoms with Crippen LogP contribution < -0.4 is 16.4 Å². The molecule has 7 nitrogen and oxygen atoms in total. The van der Waals surface area contributed by atoms with Gasteiger partial charge in [-0.25, -0.2) is 0 Å². The zero-order valence-corrected chi connectivity index (χ0v) is 19.1. The third-order valence-corrected chi connectivity index (χ3v) is 6.28. The van der Waals surface area contributed by atoms with Gasteiger partial charge in [-0.15, -0.1) is 0 Å². The first-order valence-corrected chi connectivity index (χ1v) is 11.6. The maximum atomic E-state index is 12.4. The first-order valence-electron chi connectivity index (χ1n) is 11.6. The Hall–Kier alpha value is -3.71. The van der Waals surface area contributed by atoms with Crippen LogP contribution in [0, 0.1) is 5.92 Å². The van der Waals surface area contributed by atoms with E-state index in [2.05, 4.69) is 15.5 Å². The lowest BCUT2D eigenvalue weighted by atomic mass is 9.96. The summed E-state index contributed by atoms with van der Waals surface area (Å²) < 4.78 is 0. The van der Waals surface area contributed by atoms with Crippen molar-refractivity contribution in [2.75, 3.05) is 25.0 Å². The number of benzene rings is 3. The number of fused-ring (bicyclic) bond motifs is 1. The van der Waals surface area contributed by atoms with E-state index in [-0.39, 0.29) is 36.6 Å². The molecule has 3 aromatic rings. The van der Waals surface area contributed by atoms with E-state index in [1.54, 1.807) is 0 Å². The average molecular weight is 459 g/mol. The molecule has 0 unspecified atom stereocenters. The van der Waals surface area contributed by atoms with E-state index in [0.717, 1.165) is 54.4 Å². The highest BCUT2D eigenvalue weighted by Crippen LogP contribution is 2.20. The molecule has 0 bridgehead atoms. The number of carbonyl (C=O) groups excluding carboxylic acids is 3. The highest BCUT2D eigenvalue weighted by molar-refractivity contribution is 5.96. The molecule has 1 fully saturated rings. The molecule has 3 amide bonds. The molecule has 34 heavy (non-hydrogen) atoms. The van der Waals surface area contributed by atoms with E-state index in [9.17, 15) is 14.4 Å². The van der Waals surface area contributed by atoms with Crippen LogP contribution in [0.4, 0.5) is 5.69 Å². The number of nitrogens with one attached hydrogen (secondary N) is 2. The summed E-state index contributed by atoms with van der Waals surface area (Å²) in [5.41, 5.74) is 8.12. The Morgan fingerprint density at radius 1 is 0.912 bits per heavy atom. The van der Waals surface area contributed by atoms with Crippen LogP contribution in [0.15, 0.2) is 66.7 Å². The Balaban J connectivity index is 1.25. The number of hydrogen-bond acceptors (Lipinski definition) is 4. The molecule has 7 heteroatoms. The molecule has 0 atom stereocenters. The number of nitrogens with zero attached hydrogens (tertiary/aromatic N) is 1. The smallest absolute Gasteiger partial charge is 0.243 e. The van der Waals surface area contributed by atoms with Gasteiger partial charge in [-0.05, 0) is 60.0 Å². The summed E-state index contributed by atoms with van der Waals surface area (Å²) in [6, 6.07) is 21.5. The molecule has 0 spiro atoms. The van der Waals surface area contributed by atoms with Gasteiger partial charge in [0.05, 0.1) is 13.0 Å². The quantitative estimate of drug-likeness (QED) is 0.483. The maximum absolute atomic E-state index is 12.4. The molecular formula is C27H30N4O3. The first kappa shape index (κ1) is 23.4. The molecule has 0 aromatic heterocycles. The SMILES string of the molecule is NC(=O)C1CCN(Cc2cccc(NC(=O)CNC(=O)Cc3cccc4ccccc34)c2)CC1. The molecule has 1 aliphatic heterocycles. The van der Waals surface area contributed by atoms with Gasteiger partial charge in [0.25, 0.3) is 0 Å². The molecule has 0 aliphatic carbocycles. The van der Waals surface area contributed by atoms with Crippen molar-refractivity contribution in [2.24, 2.45) is 11.7 Å². The first-order chi connectivity index (χ1) is 16.5. The predicted octanol–water partition coefficient (Wildman–Crippen LogP) is 2.83. The van der Waals surface area contributed by atoms with Crippen LogP contribution in [0.5, 0.6) is 0 Å². The summed E-state index contributed by atoms with van der Waals surface area (Å²) in [6.07, 6.45) is 1.78. The van der Waals surface area contributed by atoms with E-state index in [0.29, 0.717) is 5.69 Å². The number of nitrogens with two attached hydrogens (primary N) is 1. The highest BCUT2D eigenvalue weighted by Gasteiger charge is 2.23. The number of likely N-dealkylation sites (tertiary alicyclic amines) is 1. The Morgan fingerprint density at radius 3 is 2.44 bits per heavy atom. The van der Waals surface area contributed by atoms with Gasteiger partial charge in [0.1, 0.15) is 0 Å². The topological polar surface area (TPSA) is 105 Å². The third kappa shape index (κ3) is 6.20. The highest BCUT2D eigenvalue weighted by atomic mass is 16.2. The summed E-state index contributed by atoms with van der Waals surface area (Å²) in [5.74, 6) is -0.712. The van der Waals surface area contributed by atoms with Gasteiger partial charge < -0.3 is 16.4 Å². The predicted molar refractivity (Wildman–Crippen MR) is 133 cm³/mol. The lowest BCUT2D eigenvalue weighted by Gasteiger charge is -2.30. The Kier molecular flexibility index (Phi) is 7.54. The zero-order chi connectivity index (χ0) is 23.9. The van der Waals surface area contributed by atoms with E-state index < -0.39 is 0 Å². The summed E-state index contributed by atoms with van der Waals surface area (Å²) in [4.78, 5) is 38.5. The number of primary amides is 1. The van der Waals surface area contributed by atoms with Crippen molar-refractivity contribution < 1.29 is 14.4 Å². The van der Waals surface area contributed by atoms with E-state index >= 15 is 0 Å². The van der Waals surface area contributed by atoms with Crippen molar-refractivity contribution in [3.8, 4) is 0 Å². The standard InChI is InChI=1S/C27H30N4O3/c28-27(34)21-11-13-31(14-12-21)18-19-5-3-9-23(15-19)30-26(33)17-29-25(32)16-22-8-4-7-20-6-1-2-10-24(20)22/h1-10,15,21H,11-14,16-18H2,(H2,28,34)(H,29,32)(H,30,33). The van der Waals surface area contributed by atoms with Crippen molar-refractivity contribution in [1.29, 1.82) is 0 Å². The molecule has 1 aliphatic rings. The summed E-state index contributed by atoms with van der Waals surface area (Å²) in [6.45, 7) is 2.31. The minimum Gasteiger partial charge on any atom is -0.369 e. The number of hydrogen-bond donors (Lipinski definition) is 3. The van der Waals surface area contributed by atoms with E-state index in [1.165, 1.54) is 0 Å². The third-order valence-electron chi connectivity index (χ3n) is 6.28. The summed E-state index contributed by atoms with van der Waals surface area (Å²) >= 11 is 0. The normalized spacial score (nSPS) is 14.6. The molecule has 0 saturated carbocycles. The molecule has 4 rings (SSSR count). The van der Waals surface area contributed by atoms with Gasteiger partial charge in [-0.2, -0.15) is 0 Å². The van der Waals surface area contributed by atoms with Crippen LogP contribution in [0.25, 0.3) is 10.8 Å². The maximum Gasteiger partial charge on any atom is 0.243 e. The fourth-order valence-corrected chi connectivity index (χ4v) is 4.45. The van der Waals surface area contributed by atoms with Crippen molar-refractivity contribution in [3.63, 3.8) is 0 Å². The fraction of sp³-hybridized carbons (Fsp3) is 0.296. The summed E-state index contributed by atoms with van der Waals surface area (Å²) in [5, 5.41) is 7.70. The molecule has 1 heterocycles. The van der Waals surface area contributed by atoms with Gasteiger partial charge in [-0.3, -0.25) is 19.3 Å². The summed E-state index contributed by atoms with van der Waals surface area (Å²) in [7, 11) is 0.